The van der Waals surface area contributed by atoms with E-state index in [9.17, 15) is 28.8 Å². The minimum atomic E-state index is -1.14. The summed E-state index contributed by atoms with van der Waals surface area (Å²) in [6, 6.07) is 17.5. The maximum Gasteiger partial charge on any atom is 0.340 e. The number of aromatic nitrogens is 2. The van der Waals surface area contributed by atoms with Crippen LogP contribution in [0.4, 0.5) is 11.5 Å². The zero-order valence-electron chi connectivity index (χ0n) is 21.7. The Kier molecular flexibility index (Phi) is 8.57. The monoisotopic (exact) mass is 560 g/mol. The lowest BCUT2D eigenvalue weighted by molar-refractivity contribution is -0.141. The Bertz CT molecular complexity index is 1720. The first kappa shape index (κ1) is 28.3. The average molecular weight is 561 g/mol. The molecule has 2 heterocycles. The van der Waals surface area contributed by atoms with E-state index in [0.29, 0.717) is 10.1 Å². The predicted octanol–water partition coefficient (Wildman–Crippen LogP) is 1.70. The maximum atomic E-state index is 13.2. The normalized spacial score (nSPS) is 10.6. The molecule has 0 spiro atoms. The van der Waals surface area contributed by atoms with Crippen LogP contribution in [0.5, 0.6) is 0 Å². The van der Waals surface area contributed by atoms with E-state index in [1.807, 2.05) is 0 Å². The third-order valence-corrected chi connectivity index (χ3v) is 5.92. The van der Waals surface area contributed by atoms with E-state index in [1.54, 1.807) is 36.4 Å². The summed E-state index contributed by atoms with van der Waals surface area (Å²) in [5.74, 6) is -3.98. The number of nitrogen functional groups attached to an aromatic ring is 1. The van der Waals surface area contributed by atoms with Gasteiger partial charge >= 0.3 is 17.6 Å². The lowest BCUT2D eigenvalue weighted by Crippen LogP contribution is -2.46. The van der Waals surface area contributed by atoms with Crippen molar-refractivity contribution in [2.75, 3.05) is 24.8 Å². The van der Waals surface area contributed by atoms with Crippen LogP contribution in [-0.4, -0.2) is 46.5 Å². The predicted molar refractivity (Wildman–Crippen MR) is 145 cm³/mol. The molecule has 41 heavy (non-hydrogen) atoms. The van der Waals surface area contributed by atoms with Crippen LogP contribution < -0.4 is 22.3 Å². The van der Waals surface area contributed by atoms with Gasteiger partial charge < -0.3 is 24.9 Å². The fourth-order valence-electron chi connectivity index (χ4n) is 3.87. The highest BCUT2D eigenvalue weighted by Crippen LogP contribution is 2.18. The lowest BCUT2D eigenvalue weighted by atomic mass is 10.1. The van der Waals surface area contributed by atoms with Crippen molar-refractivity contribution < 1.29 is 33.1 Å². The van der Waals surface area contributed by atoms with Crippen LogP contribution in [0.2, 0.25) is 0 Å². The van der Waals surface area contributed by atoms with Gasteiger partial charge in [0, 0.05) is 0 Å². The van der Waals surface area contributed by atoms with Crippen LogP contribution >= 0.6 is 0 Å². The summed E-state index contributed by atoms with van der Waals surface area (Å²) < 4.78 is 16.3. The van der Waals surface area contributed by atoms with Crippen molar-refractivity contribution in [3.05, 3.63) is 116 Å². The first-order valence-electron chi connectivity index (χ1n) is 12.1. The fraction of sp³-hybridized carbons (Fsp3) is 0.143. The van der Waals surface area contributed by atoms with Gasteiger partial charge in [-0.2, -0.15) is 0 Å². The highest BCUT2D eigenvalue weighted by molar-refractivity contribution is 6.07. The van der Waals surface area contributed by atoms with Crippen molar-refractivity contribution in [2.45, 2.75) is 13.1 Å². The topological polar surface area (TPSA) is 182 Å². The lowest BCUT2D eigenvalue weighted by Gasteiger charge is -2.16. The number of benzene rings is 2. The van der Waals surface area contributed by atoms with Crippen LogP contribution in [0.25, 0.3) is 0 Å². The number of methoxy groups -OCH3 is 1. The largest absolute Gasteiger partial charge is 0.468 e. The van der Waals surface area contributed by atoms with E-state index >= 15 is 0 Å². The number of hydrogen-bond acceptors (Lipinski definition) is 10. The maximum absolute atomic E-state index is 13.2. The summed E-state index contributed by atoms with van der Waals surface area (Å²) in [6.45, 7) is -1.82. The molecule has 4 rings (SSSR count). The van der Waals surface area contributed by atoms with Crippen LogP contribution in [-0.2, 0) is 27.4 Å². The molecule has 0 aliphatic heterocycles. The van der Waals surface area contributed by atoms with E-state index in [2.05, 4.69) is 10.1 Å². The van der Waals surface area contributed by atoms with E-state index in [1.165, 1.54) is 36.6 Å². The van der Waals surface area contributed by atoms with Crippen molar-refractivity contribution in [3.63, 3.8) is 0 Å². The Balaban J connectivity index is 1.62. The van der Waals surface area contributed by atoms with E-state index < -0.39 is 59.4 Å². The van der Waals surface area contributed by atoms with Gasteiger partial charge in [0.25, 0.3) is 11.5 Å². The van der Waals surface area contributed by atoms with Gasteiger partial charge in [-0.05, 0) is 29.8 Å². The Hall–Kier alpha value is -5.72. The number of Topliss-reactive ketones (excluding diaryl/α,β-unsaturated/α-hetero) is 1. The molecule has 0 radical (unpaired) electrons. The Morgan fingerprint density at radius 2 is 1.63 bits per heavy atom. The number of ether oxygens (including phenoxy) is 2. The Labute approximate surface area is 231 Å². The van der Waals surface area contributed by atoms with E-state index in [-0.39, 0.29) is 23.6 Å². The Morgan fingerprint density at radius 3 is 2.32 bits per heavy atom. The van der Waals surface area contributed by atoms with Crippen molar-refractivity contribution in [1.82, 2.24) is 9.13 Å². The molecule has 0 fully saturated rings. The van der Waals surface area contributed by atoms with Crippen LogP contribution in [0.1, 0.15) is 36.8 Å². The summed E-state index contributed by atoms with van der Waals surface area (Å²) in [5.41, 5.74) is 4.04. The molecule has 1 amide bonds. The fourth-order valence-corrected chi connectivity index (χ4v) is 3.87. The number of amides is 1. The highest BCUT2D eigenvalue weighted by Gasteiger charge is 2.26. The number of nitrogens with one attached hydrogen (secondary N) is 1. The number of rotatable bonds is 10. The quantitative estimate of drug-likeness (QED) is 0.214. The number of hydrogen-bond donors (Lipinski definition) is 2. The summed E-state index contributed by atoms with van der Waals surface area (Å²) in [7, 11) is 1.08. The third-order valence-electron chi connectivity index (χ3n) is 5.92. The summed E-state index contributed by atoms with van der Waals surface area (Å²) >= 11 is 0. The van der Waals surface area contributed by atoms with Gasteiger partial charge in [-0.1, -0.05) is 42.5 Å². The van der Waals surface area contributed by atoms with Crippen LogP contribution in [0.3, 0.4) is 0 Å². The number of carbonyl (C=O) groups is 4. The van der Waals surface area contributed by atoms with Gasteiger partial charge in [0.15, 0.2) is 12.4 Å². The van der Waals surface area contributed by atoms with Gasteiger partial charge in [-0.15, -0.1) is 0 Å². The molecule has 210 valence electrons. The second kappa shape index (κ2) is 12.4. The molecule has 0 unspecified atom stereocenters. The van der Waals surface area contributed by atoms with E-state index in [0.717, 1.165) is 11.7 Å². The minimum absolute atomic E-state index is 0.00712. The van der Waals surface area contributed by atoms with Crippen molar-refractivity contribution in [2.24, 2.45) is 0 Å². The molecular formula is C28H24N4O9. The molecule has 3 N–H and O–H groups in total. The number of ketones is 1. The first-order chi connectivity index (χ1) is 19.7. The molecule has 2 aromatic heterocycles. The molecule has 0 aliphatic rings. The average Bonchev–Trinajstić information content (AvgIpc) is 3.52. The number of anilines is 2. The highest BCUT2D eigenvalue weighted by atomic mass is 16.5. The molecule has 13 heteroatoms. The van der Waals surface area contributed by atoms with Crippen LogP contribution in [0, 0.1) is 0 Å². The number of nitrogens with two attached hydrogens (primary N) is 1. The van der Waals surface area contributed by atoms with Crippen molar-refractivity contribution in [1.29, 1.82) is 0 Å². The SMILES string of the molecule is COC(=O)Cn1c(=O)c(C(=O)COC(=O)c2ccccc2NC(=O)c2ccco2)c(N)n(Cc2ccccc2)c1=O. The van der Waals surface area contributed by atoms with Gasteiger partial charge in [-0.3, -0.25) is 23.7 Å². The number of para-hydroxylation sites is 1. The second-order valence-corrected chi connectivity index (χ2v) is 8.56. The van der Waals surface area contributed by atoms with E-state index in [4.69, 9.17) is 14.9 Å². The van der Waals surface area contributed by atoms with Gasteiger partial charge in [0.2, 0.25) is 5.78 Å². The standard InChI is InChI=1S/C28H24N4O9/c1-39-22(34)15-32-26(36)23(24(29)31(28(32)38)14-17-8-3-2-4-9-17)20(33)16-41-27(37)18-10-5-6-11-19(18)30-25(35)21-12-7-13-40-21/h2-13H,14-16,29H2,1H3,(H,30,35). The number of nitrogens with zero attached hydrogens (tertiary/aromatic N) is 2. The van der Waals surface area contributed by atoms with Crippen molar-refractivity contribution >= 4 is 35.1 Å². The first-order valence-corrected chi connectivity index (χ1v) is 12.1. The molecule has 13 nitrogen and oxygen atoms in total. The third kappa shape index (κ3) is 6.30. The molecular weight excluding hydrogens is 536 g/mol. The van der Waals surface area contributed by atoms with Gasteiger partial charge in [-0.25, -0.2) is 14.2 Å². The number of esters is 2. The molecule has 2 aromatic carbocycles. The minimum Gasteiger partial charge on any atom is -0.468 e. The summed E-state index contributed by atoms with van der Waals surface area (Å²) in [4.78, 5) is 76.6. The molecule has 0 bridgehead atoms. The van der Waals surface area contributed by atoms with Crippen molar-refractivity contribution in [3.8, 4) is 0 Å². The smallest absolute Gasteiger partial charge is 0.340 e. The molecule has 0 aliphatic carbocycles. The Morgan fingerprint density at radius 1 is 0.927 bits per heavy atom. The molecule has 4 aromatic rings. The molecule has 0 saturated heterocycles. The number of carbonyl (C=O) groups excluding carboxylic acids is 4. The van der Waals surface area contributed by atoms with Gasteiger partial charge in [0.1, 0.15) is 17.9 Å². The second-order valence-electron chi connectivity index (χ2n) is 8.56. The zero-order chi connectivity index (χ0) is 29.5. The summed E-state index contributed by atoms with van der Waals surface area (Å²) in [5, 5.41) is 2.53. The number of furan rings is 1. The summed E-state index contributed by atoms with van der Waals surface area (Å²) in [6.07, 6.45) is 1.31. The zero-order valence-corrected chi connectivity index (χ0v) is 21.7. The molecule has 0 saturated carbocycles. The van der Waals surface area contributed by atoms with Gasteiger partial charge in [0.05, 0.1) is 31.2 Å². The van der Waals surface area contributed by atoms with Crippen LogP contribution in [0.15, 0.2) is 87.0 Å². The molecule has 0 atom stereocenters.